The normalized spacial score (nSPS) is 10.7. The fourth-order valence-corrected chi connectivity index (χ4v) is 0.190. The van der Waals surface area contributed by atoms with Gasteiger partial charge in [-0.05, 0) is 0 Å². The smallest absolute Gasteiger partial charge is 0.366 e. The Morgan fingerprint density at radius 2 is 1.92 bits per heavy atom. The number of carbonyl (C=O) groups excluding carboxylic acids is 1. The second-order valence-electron chi connectivity index (χ2n) is 1.59. The molecular weight excluding hydrogens is 181 g/mol. The molecule has 0 unspecified atom stereocenters. The van der Waals surface area contributed by atoms with Gasteiger partial charge in [0.25, 0.3) is 0 Å². The predicted molar refractivity (Wildman–Crippen MR) is 30.1 cm³/mol. The first-order valence-electron chi connectivity index (χ1n) is 2.43. The maximum absolute atomic E-state index is 11.4. The summed E-state index contributed by atoms with van der Waals surface area (Å²) in [5.41, 5.74) is 4.57. The van der Waals surface area contributed by atoms with Gasteiger partial charge < -0.3 is 10.6 Å². The minimum absolute atomic E-state index is 0.296. The molecule has 9 heteroatoms. The molecule has 0 amide bonds. The summed E-state index contributed by atoms with van der Waals surface area (Å²) in [5, 5.41) is 6.14. The summed E-state index contributed by atoms with van der Waals surface area (Å²) < 4.78 is 34.2. The van der Waals surface area contributed by atoms with Crippen molar-refractivity contribution in [3.8, 4) is 0 Å². The van der Waals surface area contributed by atoms with Gasteiger partial charge in [-0.1, -0.05) is 0 Å². The molecule has 6 nitrogen and oxygen atoms in total. The molecule has 0 aromatic carbocycles. The number of hydrazine groups is 1. The number of hydrogen-bond donors (Lipinski definition) is 3. The van der Waals surface area contributed by atoms with Crippen molar-refractivity contribution in [2.45, 2.75) is 6.18 Å². The van der Waals surface area contributed by atoms with E-state index >= 15 is 0 Å². The summed E-state index contributed by atoms with van der Waals surface area (Å²) >= 11 is 0. The van der Waals surface area contributed by atoms with Gasteiger partial charge in [0.1, 0.15) is 0 Å². The number of hydroxylamine groups is 1. The quantitative estimate of drug-likeness (QED) is 0.196. The van der Waals surface area contributed by atoms with Gasteiger partial charge in [0, 0.05) is 0 Å². The molecule has 70 valence electrons. The molecule has 0 saturated carbocycles. The summed E-state index contributed by atoms with van der Waals surface area (Å²) in [4.78, 5) is 13.3. The highest BCUT2D eigenvalue weighted by Gasteiger charge is 2.42. The van der Waals surface area contributed by atoms with E-state index < -0.39 is 18.1 Å². The van der Waals surface area contributed by atoms with Crippen molar-refractivity contribution in [2.24, 2.45) is 11.6 Å². The SMILES string of the molecule is N=C(N)N(N)OC(=O)C(F)(F)F. The van der Waals surface area contributed by atoms with Crippen LogP contribution in [0.4, 0.5) is 13.2 Å². The van der Waals surface area contributed by atoms with E-state index in [2.05, 4.69) is 16.4 Å². The molecule has 0 aromatic rings. The summed E-state index contributed by atoms with van der Waals surface area (Å²) in [7, 11) is 0. The third-order valence-corrected chi connectivity index (χ3v) is 0.650. The van der Waals surface area contributed by atoms with Gasteiger partial charge in [0.05, 0.1) is 0 Å². The van der Waals surface area contributed by atoms with Gasteiger partial charge >= 0.3 is 12.1 Å². The number of nitrogens with two attached hydrogens (primary N) is 2. The molecule has 0 spiro atoms. The number of hydrogen-bond acceptors (Lipinski definition) is 4. The van der Waals surface area contributed by atoms with Crippen molar-refractivity contribution >= 4 is 11.9 Å². The lowest BCUT2D eigenvalue weighted by Gasteiger charge is -2.14. The zero-order valence-electron chi connectivity index (χ0n) is 5.55. The Morgan fingerprint density at radius 3 is 2.17 bits per heavy atom. The number of nitrogens with one attached hydrogen (secondary N) is 1. The van der Waals surface area contributed by atoms with Gasteiger partial charge in [-0.3, -0.25) is 5.41 Å². The second-order valence-corrected chi connectivity index (χ2v) is 1.59. The molecule has 0 rings (SSSR count). The molecule has 0 aliphatic heterocycles. The van der Waals surface area contributed by atoms with E-state index in [1.807, 2.05) is 0 Å². The van der Waals surface area contributed by atoms with E-state index in [9.17, 15) is 18.0 Å². The fourth-order valence-electron chi connectivity index (χ4n) is 0.190. The minimum atomic E-state index is -5.16. The monoisotopic (exact) mass is 186 g/mol. The summed E-state index contributed by atoms with van der Waals surface area (Å²) in [5.74, 6) is 0.993. The number of guanidine groups is 1. The molecule has 0 aliphatic carbocycles. The lowest BCUT2D eigenvalue weighted by molar-refractivity contribution is -0.226. The van der Waals surface area contributed by atoms with Gasteiger partial charge in [0.2, 0.25) is 5.96 Å². The highest BCUT2D eigenvalue weighted by Crippen LogP contribution is 2.16. The lowest BCUT2D eigenvalue weighted by atomic mass is 10.7. The first kappa shape index (κ1) is 10.5. The first-order chi connectivity index (χ1) is 5.25. The van der Waals surface area contributed by atoms with Crippen LogP contribution in [0.25, 0.3) is 0 Å². The van der Waals surface area contributed by atoms with Crippen LogP contribution in [0.1, 0.15) is 0 Å². The maximum atomic E-state index is 11.4. The minimum Gasteiger partial charge on any atom is -0.366 e. The van der Waals surface area contributed by atoms with Crippen LogP contribution in [0.2, 0.25) is 0 Å². The number of halogens is 3. The van der Waals surface area contributed by atoms with Crippen LogP contribution in [-0.2, 0) is 9.63 Å². The molecular formula is C3H5F3N4O2. The van der Waals surface area contributed by atoms with Crippen LogP contribution >= 0.6 is 0 Å². The zero-order chi connectivity index (χ0) is 9.94. The Balaban J connectivity index is 4.11. The van der Waals surface area contributed by atoms with Crippen LogP contribution in [0.15, 0.2) is 0 Å². The Bertz CT molecular complexity index is 202. The predicted octanol–water partition coefficient (Wildman–Crippen LogP) is -0.924. The van der Waals surface area contributed by atoms with Crippen LogP contribution in [0, 0.1) is 5.41 Å². The summed E-state index contributed by atoms with van der Waals surface area (Å²) in [6, 6.07) is 0. The molecule has 0 saturated heterocycles. The molecule has 0 atom stereocenters. The second kappa shape index (κ2) is 3.26. The van der Waals surface area contributed by atoms with Gasteiger partial charge in [-0.25, -0.2) is 10.6 Å². The van der Waals surface area contributed by atoms with Crippen LogP contribution < -0.4 is 11.6 Å². The summed E-state index contributed by atoms with van der Waals surface area (Å²) in [6.07, 6.45) is -5.16. The van der Waals surface area contributed by atoms with E-state index in [-0.39, 0.29) is 5.17 Å². The Morgan fingerprint density at radius 1 is 1.50 bits per heavy atom. The fraction of sp³-hybridized carbons (Fsp3) is 0.333. The van der Waals surface area contributed by atoms with Gasteiger partial charge in [-0.2, -0.15) is 13.2 Å². The van der Waals surface area contributed by atoms with Crippen molar-refractivity contribution in [2.75, 3.05) is 0 Å². The van der Waals surface area contributed by atoms with E-state index in [1.54, 1.807) is 0 Å². The van der Waals surface area contributed by atoms with E-state index in [0.717, 1.165) is 0 Å². The summed E-state index contributed by atoms with van der Waals surface area (Å²) in [6.45, 7) is 0. The molecule has 0 radical (unpaired) electrons. The van der Waals surface area contributed by atoms with E-state index in [0.29, 0.717) is 0 Å². The van der Waals surface area contributed by atoms with E-state index in [1.165, 1.54) is 0 Å². The van der Waals surface area contributed by atoms with Gasteiger partial charge in [-0.15, -0.1) is 5.17 Å². The lowest BCUT2D eigenvalue weighted by Crippen LogP contribution is -2.46. The standard InChI is InChI=1S/C3H5F3N4O2/c4-3(5,6)1(11)12-10(9)2(7)8/h9H2,(H3,7,8). The Labute approximate surface area is 64.3 Å². The molecule has 5 N–H and O–H groups in total. The molecule has 0 heterocycles. The van der Waals surface area contributed by atoms with Crippen molar-refractivity contribution in [3.05, 3.63) is 0 Å². The van der Waals surface area contributed by atoms with E-state index in [4.69, 9.17) is 5.41 Å². The first-order valence-corrected chi connectivity index (χ1v) is 2.43. The third kappa shape index (κ3) is 3.05. The molecule has 0 fully saturated rings. The highest BCUT2D eigenvalue weighted by atomic mass is 19.4. The van der Waals surface area contributed by atoms with Crippen molar-refractivity contribution < 1.29 is 22.8 Å². The Hall–Kier alpha value is -1.51. The molecule has 12 heavy (non-hydrogen) atoms. The largest absolute Gasteiger partial charge is 0.493 e. The average Bonchev–Trinajstić information content (AvgIpc) is 1.85. The van der Waals surface area contributed by atoms with Crippen molar-refractivity contribution in [1.29, 1.82) is 5.41 Å². The molecule has 0 aliphatic rings. The van der Waals surface area contributed by atoms with Crippen molar-refractivity contribution in [1.82, 2.24) is 5.17 Å². The van der Waals surface area contributed by atoms with Crippen LogP contribution in [0.5, 0.6) is 0 Å². The maximum Gasteiger partial charge on any atom is 0.493 e. The Kier molecular flexibility index (Phi) is 2.85. The highest BCUT2D eigenvalue weighted by molar-refractivity contribution is 5.79. The number of rotatable bonds is 0. The van der Waals surface area contributed by atoms with Gasteiger partial charge in [0.15, 0.2) is 0 Å². The molecule has 0 bridgehead atoms. The number of alkyl halides is 3. The number of carbonyl (C=O) groups is 1. The third-order valence-electron chi connectivity index (χ3n) is 0.650. The topological polar surface area (TPSA) is 105 Å². The van der Waals surface area contributed by atoms with Crippen LogP contribution in [-0.4, -0.2) is 23.3 Å². The van der Waals surface area contributed by atoms with Crippen LogP contribution in [0.3, 0.4) is 0 Å². The zero-order valence-corrected chi connectivity index (χ0v) is 5.55. The molecule has 0 aromatic heterocycles. The number of nitrogens with zero attached hydrogens (tertiary/aromatic N) is 1. The average molecular weight is 186 g/mol. The van der Waals surface area contributed by atoms with Crippen molar-refractivity contribution in [3.63, 3.8) is 0 Å².